The average molecular weight is 385 g/mol. The second kappa shape index (κ2) is 8.26. The normalized spacial score (nSPS) is 15.1. The first-order valence-corrected chi connectivity index (χ1v) is 9.22. The molecule has 0 aliphatic carbocycles. The van der Waals surface area contributed by atoms with Gasteiger partial charge in [0.25, 0.3) is 5.56 Å². The molecule has 3 rings (SSSR count). The Kier molecular flexibility index (Phi) is 5.79. The minimum Gasteiger partial charge on any atom is -0.478 e. The molecule has 1 aliphatic heterocycles. The van der Waals surface area contributed by atoms with Crippen molar-refractivity contribution in [2.75, 3.05) is 18.8 Å². The van der Waals surface area contributed by atoms with E-state index >= 15 is 0 Å². The molecule has 2 aromatic rings. The SMILES string of the molecule is Nc1[nH]c(=O)c(C(=O)O)c(-c2cccc(CN3CCCCCC3)c2)c1C(=O)O. The summed E-state index contributed by atoms with van der Waals surface area (Å²) in [5.74, 6) is -3.27. The summed E-state index contributed by atoms with van der Waals surface area (Å²) >= 11 is 0. The van der Waals surface area contributed by atoms with Crippen molar-refractivity contribution >= 4 is 17.8 Å². The summed E-state index contributed by atoms with van der Waals surface area (Å²) in [5, 5.41) is 19.1. The lowest BCUT2D eigenvalue weighted by Gasteiger charge is -2.20. The molecule has 0 radical (unpaired) electrons. The van der Waals surface area contributed by atoms with E-state index in [-0.39, 0.29) is 11.4 Å². The Hall–Kier alpha value is -3.13. The van der Waals surface area contributed by atoms with E-state index in [0.717, 1.165) is 31.5 Å². The fourth-order valence-corrected chi connectivity index (χ4v) is 3.71. The molecule has 8 heteroatoms. The summed E-state index contributed by atoms with van der Waals surface area (Å²) in [6.45, 7) is 2.66. The summed E-state index contributed by atoms with van der Waals surface area (Å²) in [6.07, 6.45) is 4.70. The Bertz CT molecular complexity index is 959. The highest BCUT2D eigenvalue weighted by atomic mass is 16.4. The number of nitrogens with zero attached hydrogens (tertiary/aromatic N) is 1. The molecule has 1 aliphatic rings. The van der Waals surface area contributed by atoms with Gasteiger partial charge in [-0.05, 0) is 43.1 Å². The van der Waals surface area contributed by atoms with Crippen molar-refractivity contribution in [3.8, 4) is 11.1 Å². The first-order valence-electron chi connectivity index (χ1n) is 9.22. The molecule has 0 atom stereocenters. The quantitative estimate of drug-likeness (QED) is 0.620. The zero-order valence-corrected chi connectivity index (χ0v) is 15.4. The number of hydrogen-bond acceptors (Lipinski definition) is 5. The Morgan fingerprint density at radius 2 is 1.68 bits per heavy atom. The number of benzene rings is 1. The number of likely N-dealkylation sites (tertiary alicyclic amines) is 1. The molecule has 1 fully saturated rings. The van der Waals surface area contributed by atoms with Crippen LogP contribution in [0.3, 0.4) is 0 Å². The largest absolute Gasteiger partial charge is 0.478 e. The number of aromatic nitrogens is 1. The maximum Gasteiger partial charge on any atom is 0.342 e. The number of rotatable bonds is 5. The second-order valence-electron chi connectivity index (χ2n) is 6.99. The zero-order chi connectivity index (χ0) is 20.3. The minimum atomic E-state index is -1.50. The van der Waals surface area contributed by atoms with E-state index in [2.05, 4.69) is 9.88 Å². The molecular formula is C20H23N3O5. The molecule has 28 heavy (non-hydrogen) atoms. The van der Waals surface area contributed by atoms with Gasteiger partial charge in [-0.1, -0.05) is 31.0 Å². The summed E-state index contributed by atoms with van der Waals surface area (Å²) in [4.78, 5) is 40.0. The Balaban J connectivity index is 2.09. The van der Waals surface area contributed by atoms with Gasteiger partial charge in [-0.3, -0.25) is 9.69 Å². The van der Waals surface area contributed by atoms with Gasteiger partial charge in [-0.25, -0.2) is 9.59 Å². The lowest BCUT2D eigenvalue weighted by Crippen LogP contribution is -2.25. The van der Waals surface area contributed by atoms with E-state index in [1.165, 1.54) is 12.8 Å². The van der Waals surface area contributed by atoms with Crippen LogP contribution in [-0.2, 0) is 6.54 Å². The number of carboxylic acid groups (broad SMARTS) is 2. The summed E-state index contributed by atoms with van der Waals surface area (Å²) in [7, 11) is 0. The maximum atomic E-state index is 12.2. The van der Waals surface area contributed by atoms with Crippen LogP contribution in [0.15, 0.2) is 29.1 Å². The number of nitrogens with two attached hydrogens (primary N) is 1. The third-order valence-electron chi connectivity index (χ3n) is 4.99. The van der Waals surface area contributed by atoms with Crippen LogP contribution in [0.4, 0.5) is 5.82 Å². The van der Waals surface area contributed by atoms with E-state index in [1.807, 2.05) is 6.07 Å². The van der Waals surface area contributed by atoms with E-state index in [1.54, 1.807) is 18.2 Å². The Morgan fingerprint density at radius 3 is 2.29 bits per heavy atom. The lowest BCUT2D eigenvalue weighted by molar-refractivity contribution is 0.0695. The van der Waals surface area contributed by atoms with Gasteiger partial charge in [0, 0.05) is 12.1 Å². The van der Waals surface area contributed by atoms with Gasteiger partial charge in [-0.2, -0.15) is 0 Å². The van der Waals surface area contributed by atoms with E-state index in [4.69, 9.17) is 5.73 Å². The van der Waals surface area contributed by atoms with Gasteiger partial charge >= 0.3 is 11.9 Å². The van der Waals surface area contributed by atoms with Crippen LogP contribution in [0, 0.1) is 0 Å². The fraction of sp³-hybridized carbons (Fsp3) is 0.350. The summed E-state index contributed by atoms with van der Waals surface area (Å²) in [5.41, 5.74) is 4.83. The topological polar surface area (TPSA) is 137 Å². The van der Waals surface area contributed by atoms with Crippen LogP contribution in [0.25, 0.3) is 11.1 Å². The Morgan fingerprint density at radius 1 is 1.04 bits per heavy atom. The average Bonchev–Trinajstić information content (AvgIpc) is 2.89. The number of pyridine rings is 1. The van der Waals surface area contributed by atoms with Crippen LogP contribution >= 0.6 is 0 Å². The van der Waals surface area contributed by atoms with Gasteiger partial charge in [-0.15, -0.1) is 0 Å². The number of anilines is 1. The van der Waals surface area contributed by atoms with Crippen molar-refractivity contribution in [1.29, 1.82) is 0 Å². The third-order valence-corrected chi connectivity index (χ3v) is 4.99. The number of nitrogen functional groups attached to an aromatic ring is 1. The number of aromatic carboxylic acids is 2. The summed E-state index contributed by atoms with van der Waals surface area (Å²) < 4.78 is 0. The van der Waals surface area contributed by atoms with Gasteiger partial charge in [0.2, 0.25) is 0 Å². The number of carboxylic acids is 2. The number of carbonyl (C=O) groups is 2. The van der Waals surface area contributed by atoms with Crippen molar-refractivity contribution in [3.05, 3.63) is 51.3 Å². The molecule has 5 N–H and O–H groups in total. The molecule has 0 bridgehead atoms. The predicted molar refractivity (Wildman–Crippen MR) is 105 cm³/mol. The molecule has 8 nitrogen and oxygen atoms in total. The van der Waals surface area contributed by atoms with E-state index < -0.39 is 28.6 Å². The summed E-state index contributed by atoms with van der Waals surface area (Å²) in [6, 6.07) is 6.97. The molecule has 0 amide bonds. The van der Waals surface area contributed by atoms with E-state index in [0.29, 0.717) is 12.1 Å². The van der Waals surface area contributed by atoms with Crippen LogP contribution in [0.1, 0.15) is 52.0 Å². The second-order valence-corrected chi connectivity index (χ2v) is 6.99. The van der Waals surface area contributed by atoms with Crippen molar-refractivity contribution < 1.29 is 19.8 Å². The molecule has 0 unspecified atom stereocenters. The number of aromatic amines is 1. The molecule has 1 aromatic heterocycles. The lowest BCUT2D eigenvalue weighted by atomic mass is 9.94. The first kappa shape index (κ1) is 19.6. The molecule has 1 aromatic carbocycles. The van der Waals surface area contributed by atoms with Gasteiger partial charge in [0.05, 0.1) is 0 Å². The number of hydrogen-bond donors (Lipinski definition) is 4. The molecule has 1 saturated heterocycles. The van der Waals surface area contributed by atoms with Crippen LogP contribution in [0.2, 0.25) is 0 Å². The van der Waals surface area contributed by atoms with Crippen molar-refractivity contribution in [2.45, 2.75) is 32.2 Å². The number of H-pyrrole nitrogens is 1. The molecular weight excluding hydrogens is 362 g/mol. The number of nitrogens with one attached hydrogen (secondary N) is 1. The van der Waals surface area contributed by atoms with Crippen LogP contribution < -0.4 is 11.3 Å². The smallest absolute Gasteiger partial charge is 0.342 e. The Labute approximate surface area is 161 Å². The van der Waals surface area contributed by atoms with Crippen molar-refractivity contribution in [2.24, 2.45) is 0 Å². The van der Waals surface area contributed by atoms with Gasteiger partial charge < -0.3 is 20.9 Å². The molecule has 148 valence electrons. The van der Waals surface area contributed by atoms with Gasteiger partial charge in [0.1, 0.15) is 16.9 Å². The van der Waals surface area contributed by atoms with Gasteiger partial charge in [0.15, 0.2) is 0 Å². The molecule has 0 spiro atoms. The van der Waals surface area contributed by atoms with E-state index in [9.17, 15) is 24.6 Å². The van der Waals surface area contributed by atoms with Crippen molar-refractivity contribution in [1.82, 2.24) is 9.88 Å². The monoisotopic (exact) mass is 385 g/mol. The molecule has 2 heterocycles. The maximum absolute atomic E-state index is 12.2. The first-order chi connectivity index (χ1) is 13.4. The third kappa shape index (κ3) is 4.07. The standard InChI is InChI=1S/C20H23N3O5/c21-17-15(19(25)26)14(16(20(27)28)18(24)22-17)13-7-5-6-12(10-13)11-23-8-3-1-2-4-9-23/h5-7,10H,1-4,8-9,11H2,(H,25,26)(H,27,28)(H3,21,22,24). The van der Waals surface area contributed by atoms with Crippen LogP contribution in [0.5, 0.6) is 0 Å². The highest BCUT2D eigenvalue weighted by Crippen LogP contribution is 2.30. The fourth-order valence-electron chi connectivity index (χ4n) is 3.71. The zero-order valence-electron chi connectivity index (χ0n) is 15.4. The highest BCUT2D eigenvalue weighted by Gasteiger charge is 2.26. The van der Waals surface area contributed by atoms with Crippen LogP contribution in [-0.4, -0.2) is 45.1 Å². The predicted octanol–water partition coefficient (Wildman–Crippen LogP) is 2.40. The van der Waals surface area contributed by atoms with Crippen molar-refractivity contribution in [3.63, 3.8) is 0 Å². The highest BCUT2D eigenvalue weighted by molar-refractivity contribution is 6.07. The molecule has 0 saturated carbocycles. The minimum absolute atomic E-state index is 0.168.